The van der Waals surface area contributed by atoms with Crippen molar-refractivity contribution >= 4 is 0 Å². The molecule has 2 heteroatoms. The van der Waals surface area contributed by atoms with Crippen LogP contribution in [0.15, 0.2) is 0 Å². The van der Waals surface area contributed by atoms with Gasteiger partial charge >= 0.3 is 0 Å². The van der Waals surface area contributed by atoms with Crippen LogP contribution in [0.25, 0.3) is 0 Å². The summed E-state index contributed by atoms with van der Waals surface area (Å²) in [7, 11) is 2.34. The molecule has 0 saturated heterocycles. The van der Waals surface area contributed by atoms with Crippen LogP contribution >= 0.6 is 0 Å². The van der Waals surface area contributed by atoms with Gasteiger partial charge in [-0.25, -0.2) is 0 Å². The highest BCUT2D eigenvalue weighted by molar-refractivity contribution is 4.83. The van der Waals surface area contributed by atoms with Gasteiger partial charge in [-0.15, -0.1) is 0 Å². The van der Waals surface area contributed by atoms with Gasteiger partial charge in [0.15, 0.2) is 0 Å². The minimum Gasteiger partial charge on any atom is -0.315 e. The van der Waals surface area contributed by atoms with E-state index in [0.29, 0.717) is 6.04 Å². The van der Waals surface area contributed by atoms with Crippen LogP contribution in [-0.4, -0.2) is 37.1 Å². The van der Waals surface area contributed by atoms with E-state index in [2.05, 4.69) is 45.0 Å². The highest BCUT2D eigenvalue weighted by atomic mass is 15.2. The molecular weight excluding hydrogens is 208 g/mol. The van der Waals surface area contributed by atoms with Crippen molar-refractivity contribution in [2.24, 2.45) is 11.8 Å². The molecule has 1 saturated carbocycles. The highest BCUT2D eigenvalue weighted by Gasteiger charge is 2.27. The van der Waals surface area contributed by atoms with Gasteiger partial charge in [-0.05, 0) is 51.1 Å². The zero-order chi connectivity index (χ0) is 12.8. The minimum atomic E-state index is 0.688. The predicted octanol–water partition coefficient (Wildman–Crippen LogP) is 3.13. The van der Waals surface area contributed by atoms with Gasteiger partial charge in [0.05, 0.1) is 0 Å². The molecule has 1 atom stereocenters. The molecule has 1 rings (SSSR count). The average molecular weight is 240 g/mol. The van der Waals surface area contributed by atoms with E-state index in [1.54, 1.807) is 0 Å². The van der Waals surface area contributed by atoms with E-state index in [4.69, 9.17) is 0 Å². The maximum absolute atomic E-state index is 3.52. The molecule has 0 spiro atoms. The van der Waals surface area contributed by atoms with Crippen LogP contribution in [0.4, 0.5) is 0 Å². The second-order valence-corrected chi connectivity index (χ2v) is 6.20. The zero-order valence-electron chi connectivity index (χ0n) is 12.5. The van der Waals surface area contributed by atoms with Gasteiger partial charge in [0.25, 0.3) is 0 Å². The number of nitrogens with zero attached hydrogens (tertiary/aromatic N) is 1. The Morgan fingerprint density at radius 1 is 1.18 bits per heavy atom. The number of nitrogens with one attached hydrogen (secondary N) is 1. The molecule has 0 bridgehead atoms. The van der Waals surface area contributed by atoms with Crippen LogP contribution in [0.5, 0.6) is 0 Å². The molecule has 0 aromatic heterocycles. The Balaban J connectivity index is 2.48. The van der Waals surface area contributed by atoms with Crippen LogP contribution in [0, 0.1) is 11.8 Å². The Morgan fingerprint density at radius 2 is 1.76 bits per heavy atom. The molecule has 0 aliphatic heterocycles. The van der Waals surface area contributed by atoms with Crippen molar-refractivity contribution in [3.63, 3.8) is 0 Å². The van der Waals surface area contributed by atoms with Gasteiger partial charge in [0.1, 0.15) is 0 Å². The molecule has 0 amide bonds. The van der Waals surface area contributed by atoms with Crippen molar-refractivity contribution in [1.82, 2.24) is 10.2 Å². The summed E-state index contributed by atoms with van der Waals surface area (Å²) in [5.41, 5.74) is 0. The van der Waals surface area contributed by atoms with E-state index >= 15 is 0 Å². The molecule has 17 heavy (non-hydrogen) atoms. The smallest absolute Gasteiger partial charge is 0.0243 e. The maximum Gasteiger partial charge on any atom is 0.0243 e. The summed E-state index contributed by atoms with van der Waals surface area (Å²) in [5, 5.41) is 3.52. The summed E-state index contributed by atoms with van der Waals surface area (Å²) in [6.07, 6.45) is 5.63. The van der Waals surface area contributed by atoms with E-state index in [9.17, 15) is 0 Å². The van der Waals surface area contributed by atoms with Crippen LogP contribution in [-0.2, 0) is 0 Å². The first kappa shape index (κ1) is 15.0. The van der Waals surface area contributed by atoms with E-state index in [1.807, 2.05) is 0 Å². The van der Waals surface area contributed by atoms with Crippen molar-refractivity contribution < 1.29 is 0 Å². The standard InChI is InChI=1S/C15H32N2/c1-6-16-11-15(12(2)3)17(5)14-9-7-13(4)8-10-14/h12-16H,6-11H2,1-5H3. The van der Waals surface area contributed by atoms with Gasteiger partial charge < -0.3 is 5.32 Å². The summed E-state index contributed by atoms with van der Waals surface area (Å²) in [6.45, 7) is 11.5. The van der Waals surface area contributed by atoms with E-state index in [1.165, 1.54) is 25.7 Å². The van der Waals surface area contributed by atoms with Crippen molar-refractivity contribution in [1.29, 1.82) is 0 Å². The SMILES string of the molecule is CCNCC(C(C)C)N(C)C1CCC(C)CC1. The fourth-order valence-electron chi connectivity index (χ4n) is 3.06. The molecular formula is C15H32N2. The molecule has 0 aromatic rings. The normalized spacial score (nSPS) is 27.7. The second-order valence-electron chi connectivity index (χ2n) is 6.20. The molecule has 2 nitrogen and oxygen atoms in total. The Kier molecular flexibility index (Phi) is 6.50. The monoisotopic (exact) mass is 240 g/mol. The molecule has 1 aliphatic carbocycles. The third kappa shape index (κ3) is 4.59. The molecule has 0 heterocycles. The van der Waals surface area contributed by atoms with E-state index < -0.39 is 0 Å². The van der Waals surface area contributed by atoms with Gasteiger partial charge in [-0.3, -0.25) is 4.90 Å². The summed E-state index contributed by atoms with van der Waals surface area (Å²) in [6, 6.07) is 1.51. The first-order valence-electron chi connectivity index (χ1n) is 7.48. The third-order valence-electron chi connectivity index (χ3n) is 4.46. The summed E-state index contributed by atoms with van der Waals surface area (Å²) in [5.74, 6) is 1.68. The lowest BCUT2D eigenvalue weighted by atomic mass is 9.85. The minimum absolute atomic E-state index is 0.688. The van der Waals surface area contributed by atoms with E-state index in [-0.39, 0.29) is 0 Å². The molecule has 1 fully saturated rings. The lowest BCUT2D eigenvalue weighted by Crippen LogP contribution is -2.49. The quantitative estimate of drug-likeness (QED) is 0.767. The van der Waals surface area contributed by atoms with Crippen LogP contribution < -0.4 is 5.32 Å². The predicted molar refractivity (Wildman–Crippen MR) is 76.4 cm³/mol. The summed E-state index contributed by atoms with van der Waals surface area (Å²) >= 11 is 0. The summed E-state index contributed by atoms with van der Waals surface area (Å²) < 4.78 is 0. The average Bonchev–Trinajstić information content (AvgIpc) is 2.29. The zero-order valence-corrected chi connectivity index (χ0v) is 12.5. The Labute approximate surface area is 108 Å². The van der Waals surface area contributed by atoms with Gasteiger partial charge in [-0.2, -0.15) is 0 Å². The fourth-order valence-corrected chi connectivity index (χ4v) is 3.06. The van der Waals surface area contributed by atoms with Crippen LogP contribution in [0.1, 0.15) is 53.4 Å². The maximum atomic E-state index is 3.52. The third-order valence-corrected chi connectivity index (χ3v) is 4.46. The fraction of sp³-hybridized carbons (Fsp3) is 1.00. The van der Waals surface area contributed by atoms with Gasteiger partial charge in [-0.1, -0.05) is 27.7 Å². The number of rotatable bonds is 6. The second kappa shape index (κ2) is 7.38. The van der Waals surface area contributed by atoms with Crippen molar-refractivity contribution in [3.8, 4) is 0 Å². The number of likely N-dealkylation sites (N-methyl/N-ethyl adjacent to an activating group) is 2. The van der Waals surface area contributed by atoms with E-state index in [0.717, 1.165) is 31.0 Å². The summed E-state index contributed by atoms with van der Waals surface area (Å²) in [4.78, 5) is 2.65. The lowest BCUT2D eigenvalue weighted by molar-refractivity contribution is 0.0966. The van der Waals surface area contributed by atoms with Gasteiger partial charge in [0, 0.05) is 18.6 Å². The Hall–Kier alpha value is -0.0800. The van der Waals surface area contributed by atoms with Gasteiger partial charge in [0.2, 0.25) is 0 Å². The molecule has 1 N–H and O–H groups in total. The van der Waals surface area contributed by atoms with Crippen molar-refractivity contribution in [2.45, 2.75) is 65.5 Å². The molecule has 0 radical (unpaired) electrons. The number of hydrogen-bond donors (Lipinski definition) is 1. The van der Waals surface area contributed by atoms with Crippen LogP contribution in [0.2, 0.25) is 0 Å². The lowest BCUT2D eigenvalue weighted by Gasteiger charge is -2.40. The highest BCUT2D eigenvalue weighted by Crippen LogP contribution is 2.28. The molecule has 102 valence electrons. The Bertz CT molecular complexity index is 195. The number of hydrogen-bond acceptors (Lipinski definition) is 2. The first-order chi connectivity index (χ1) is 8.06. The molecule has 1 unspecified atom stereocenters. The first-order valence-corrected chi connectivity index (χ1v) is 7.48. The molecule has 0 aromatic carbocycles. The van der Waals surface area contributed by atoms with Crippen molar-refractivity contribution in [3.05, 3.63) is 0 Å². The Morgan fingerprint density at radius 3 is 2.24 bits per heavy atom. The van der Waals surface area contributed by atoms with Crippen molar-refractivity contribution in [2.75, 3.05) is 20.1 Å². The largest absolute Gasteiger partial charge is 0.315 e. The topological polar surface area (TPSA) is 15.3 Å². The molecule has 1 aliphatic rings. The van der Waals surface area contributed by atoms with Crippen LogP contribution in [0.3, 0.4) is 0 Å².